The third-order valence-electron chi connectivity index (χ3n) is 4.01. The normalized spacial score (nSPS) is 12.1. The Bertz CT molecular complexity index is 852. The van der Waals surface area contributed by atoms with Crippen molar-refractivity contribution in [3.8, 4) is 5.69 Å². The molecule has 0 saturated carbocycles. The fourth-order valence-corrected chi connectivity index (χ4v) is 2.57. The zero-order valence-electron chi connectivity index (χ0n) is 14.2. The van der Waals surface area contributed by atoms with E-state index in [2.05, 4.69) is 15.5 Å². The lowest BCUT2D eigenvalue weighted by Crippen LogP contribution is -2.28. The highest BCUT2D eigenvalue weighted by molar-refractivity contribution is 5.92. The lowest BCUT2D eigenvalue weighted by molar-refractivity contribution is 0.0930. The minimum Gasteiger partial charge on any atom is -0.344 e. The number of nitrogens with zero attached hydrogens (tertiary/aromatic N) is 4. The van der Waals surface area contributed by atoms with Gasteiger partial charge in [-0.25, -0.2) is 9.07 Å². The number of hydrogen-bond donors (Lipinski definition) is 1. The molecular formula is C18H20FN5O. The summed E-state index contributed by atoms with van der Waals surface area (Å²) in [6.07, 6.45) is 6.14. The van der Waals surface area contributed by atoms with E-state index in [0.29, 0.717) is 11.4 Å². The molecule has 3 rings (SSSR count). The summed E-state index contributed by atoms with van der Waals surface area (Å²) in [5.74, 6) is -0.566. The van der Waals surface area contributed by atoms with Crippen molar-refractivity contribution in [2.75, 3.05) is 0 Å². The highest BCUT2D eigenvalue weighted by Gasteiger charge is 2.17. The van der Waals surface area contributed by atoms with Crippen molar-refractivity contribution in [2.45, 2.75) is 32.9 Å². The minimum absolute atomic E-state index is 0.122. The lowest BCUT2D eigenvalue weighted by atomic mass is 10.1. The molecule has 0 aliphatic rings. The van der Waals surface area contributed by atoms with Crippen molar-refractivity contribution in [3.05, 3.63) is 66.0 Å². The lowest BCUT2D eigenvalue weighted by Gasteiger charge is -2.14. The summed E-state index contributed by atoms with van der Waals surface area (Å²) >= 11 is 0. The van der Waals surface area contributed by atoms with E-state index >= 15 is 0 Å². The van der Waals surface area contributed by atoms with Crippen molar-refractivity contribution in [1.82, 2.24) is 24.9 Å². The molecule has 7 heteroatoms. The van der Waals surface area contributed by atoms with E-state index in [1.54, 1.807) is 35.3 Å². The maximum Gasteiger partial charge on any atom is 0.272 e. The van der Waals surface area contributed by atoms with Gasteiger partial charge in [-0.2, -0.15) is 10.2 Å². The first-order valence-electron chi connectivity index (χ1n) is 8.25. The summed E-state index contributed by atoms with van der Waals surface area (Å²) in [4.78, 5) is 12.5. The van der Waals surface area contributed by atoms with E-state index in [1.807, 2.05) is 24.7 Å². The Morgan fingerprint density at radius 2 is 2.00 bits per heavy atom. The summed E-state index contributed by atoms with van der Waals surface area (Å²) < 4.78 is 16.4. The van der Waals surface area contributed by atoms with Gasteiger partial charge in [-0.05, 0) is 43.7 Å². The molecule has 1 amide bonds. The predicted molar refractivity (Wildman–Crippen MR) is 91.9 cm³/mol. The van der Waals surface area contributed by atoms with Crippen molar-refractivity contribution in [1.29, 1.82) is 0 Å². The average molecular weight is 341 g/mol. The minimum atomic E-state index is -0.313. The fraction of sp³-hybridized carbons (Fsp3) is 0.278. The molecule has 0 unspecified atom stereocenters. The van der Waals surface area contributed by atoms with Crippen molar-refractivity contribution < 1.29 is 9.18 Å². The number of amides is 1. The summed E-state index contributed by atoms with van der Waals surface area (Å²) in [6.45, 7) is 4.80. The van der Waals surface area contributed by atoms with Crippen LogP contribution in [0.2, 0.25) is 0 Å². The van der Waals surface area contributed by atoms with Gasteiger partial charge in [-0.3, -0.25) is 9.48 Å². The first-order chi connectivity index (χ1) is 12.1. The Hall–Kier alpha value is -2.96. The van der Waals surface area contributed by atoms with Crippen LogP contribution in [-0.2, 0) is 6.54 Å². The number of aromatic nitrogens is 4. The van der Waals surface area contributed by atoms with Crippen LogP contribution in [0.5, 0.6) is 0 Å². The first-order valence-corrected chi connectivity index (χ1v) is 8.25. The second-order valence-corrected chi connectivity index (χ2v) is 5.69. The molecule has 0 bridgehead atoms. The van der Waals surface area contributed by atoms with Crippen molar-refractivity contribution >= 4 is 5.91 Å². The standard InChI is InChI=1S/C18H20FN5O/c1-3-16(13-11-20-23(4-2)12-13)21-18(25)17-9-10-24(22-17)15-7-5-14(19)6-8-15/h5-12,16H,3-4H2,1-2H3,(H,21,25)/t16-/m0/s1. The van der Waals surface area contributed by atoms with Gasteiger partial charge in [0, 0.05) is 24.5 Å². The molecular weight excluding hydrogens is 321 g/mol. The van der Waals surface area contributed by atoms with Crippen LogP contribution in [0.25, 0.3) is 5.69 Å². The topological polar surface area (TPSA) is 64.7 Å². The van der Waals surface area contributed by atoms with Crippen LogP contribution in [0.3, 0.4) is 0 Å². The zero-order valence-corrected chi connectivity index (χ0v) is 14.2. The van der Waals surface area contributed by atoms with Crippen LogP contribution < -0.4 is 5.32 Å². The van der Waals surface area contributed by atoms with Gasteiger partial charge < -0.3 is 5.32 Å². The summed E-state index contributed by atoms with van der Waals surface area (Å²) in [6, 6.07) is 7.45. The molecule has 25 heavy (non-hydrogen) atoms. The first kappa shape index (κ1) is 16.9. The predicted octanol–water partition coefficient (Wildman–Crippen LogP) is 3.11. The second kappa shape index (κ2) is 7.29. The highest BCUT2D eigenvalue weighted by Crippen LogP contribution is 2.17. The Labute approximate surface area is 145 Å². The van der Waals surface area contributed by atoms with Crippen LogP contribution in [0.4, 0.5) is 4.39 Å². The number of carbonyl (C=O) groups excluding carboxylic acids is 1. The average Bonchev–Trinajstić information content (AvgIpc) is 3.29. The van der Waals surface area contributed by atoms with Crippen LogP contribution in [-0.4, -0.2) is 25.5 Å². The maximum atomic E-state index is 13.0. The Balaban J connectivity index is 1.73. The number of rotatable bonds is 6. The van der Waals surface area contributed by atoms with E-state index in [-0.39, 0.29) is 17.8 Å². The molecule has 2 heterocycles. The smallest absolute Gasteiger partial charge is 0.272 e. The summed E-state index contributed by atoms with van der Waals surface area (Å²) in [7, 11) is 0. The summed E-state index contributed by atoms with van der Waals surface area (Å²) in [5.41, 5.74) is 1.97. The van der Waals surface area contributed by atoms with E-state index < -0.39 is 0 Å². The highest BCUT2D eigenvalue weighted by atomic mass is 19.1. The molecule has 0 spiro atoms. The van der Waals surface area contributed by atoms with Gasteiger partial charge in [0.25, 0.3) is 5.91 Å². The number of nitrogens with one attached hydrogen (secondary N) is 1. The molecule has 130 valence electrons. The number of halogens is 1. The zero-order chi connectivity index (χ0) is 17.8. The van der Waals surface area contributed by atoms with Crippen molar-refractivity contribution in [2.24, 2.45) is 0 Å². The molecule has 6 nitrogen and oxygen atoms in total. The monoisotopic (exact) mass is 341 g/mol. The summed E-state index contributed by atoms with van der Waals surface area (Å²) in [5, 5.41) is 11.5. The number of carbonyl (C=O) groups is 1. The van der Waals surface area contributed by atoms with E-state index in [1.165, 1.54) is 12.1 Å². The molecule has 0 saturated heterocycles. The molecule has 0 fully saturated rings. The molecule has 1 atom stereocenters. The van der Waals surface area contributed by atoms with E-state index in [9.17, 15) is 9.18 Å². The molecule has 0 aliphatic heterocycles. The third-order valence-corrected chi connectivity index (χ3v) is 4.01. The molecule has 3 aromatic rings. The Morgan fingerprint density at radius 1 is 1.24 bits per heavy atom. The quantitative estimate of drug-likeness (QED) is 0.749. The number of aryl methyl sites for hydroxylation is 1. The second-order valence-electron chi connectivity index (χ2n) is 5.69. The van der Waals surface area contributed by atoms with Gasteiger partial charge in [0.15, 0.2) is 5.69 Å². The molecule has 0 radical (unpaired) electrons. The van der Waals surface area contributed by atoms with Crippen LogP contribution in [0.1, 0.15) is 42.4 Å². The van der Waals surface area contributed by atoms with E-state index in [0.717, 1.165) is 18.5 Å². The van der Waals surface area contributed by atoms with Crippen LogP contribution in [0, 0.1) is 5.82 Å². The number of hydrogen-bond acceptors (Lipinski definition) is 3. The Morgan fingerprint density at radius 3 is 2.64 bits per heavy atom. The van der Waals surface area contributed by atoms with Crippen LogP contribution >= 0.6 is 0 Å². The van der Waals surface area contributed by atoms with Gasteiger partial charge in [-0.15, -0.1) is 0 Å². The fourth-order valence-electron chi connectivity index (χ4n) is 2.57. The largest absolute Gasteiger partial charge is 0.344 e. The van der Waals surface area contributed by atoms with Crippen LogP contribution in [0.15, 0.2) is 48.9 Å². The van der Waals surface area contributed by atoms with Gasteiger partial charge in [0.1, 0.15) is 5.82 Å². The van der Waals surface area contributed by atoms with Gasteiger partial charge >= 0.3 is 0 Å². The van der Waals surface area contributed by atoms with E-state index in [4.69, 9.17) is 0 Å². The molecule has 1 N–H and O–H groups in total. The van der Waals surface area contributed by atoms with Gasteiger partial charge in [0.2, 0.25) is 0 Å². The molecule has 2 aromatic heterocycles. The van der Waals surface area contributed by atoms with Crippen molar-refractivity contribution in [3.63, 3.8) is 0 Å². The number of benzene rings is 1. The molecule has 0 aliphatic carbocycles. The third kappa shape index (κ3) is 3.76. The molecule has 1 aromatic carbocycles. The SMILES string of the molecule is CC[C@H](NC(=O)c1ccn(-c2ccc(F)cc2)n1)c1cnn(CC)c1. The van der Waals surface area contributed by atoms with Gasteiger partial charge in [0.05, 0.1) is 17.9 Å². The Kier molecular flexibility index (Phi) is 4.92. The van der Waals surface area contributed by atoms with Gasteiger partial charge in [-0.1, -0.05) is 6.92 Å². The maximum absolute atomic E-state index is 13.0.